The largest absolute Gasteiger partial charge is 0.394 e. The molecular formula is C65H123NO8. The number of allylic oxidation sites excluding steroid dienone is 5. The lowest BCUT2D eigenvalue weighted by molar-refractivity contribution is -0.302. The fourth-order valence-corrected chi connectivity index (χ4v) is 10.4. The normalized spacial score (nSPS) is 19.1. The number of carbonyl (C=O) groups is 1. The van der Waals surface area contributed by atoms with Gasteiger partial charge in [-0.25, -0.2) is 0 Å². The van der Waals surface area contributed by atoms with Crippen LogP contribution in [0.5, 0.6) is 0 Å². The van der Waals surface area contributed by atoms with Crippen LogP contribution in [0.25, 0.3) is 0 Å². The van der Waals surface area contributed by atoms with Crippen molar-refractivity contribution < 1.29 is 39.8 Å². The Kier molecular flexibility index (Phi) is 52.1. The number of aliphatic hydroxyl groups excluding tert-OH is 5. The van der Waals surface area contributed by atoms with Gasteiger partial charge in [0, 0.05) is 6.42 Å². The second-order valence-corrected chi connectivity index (χ2v) is 22.6. The molecule has 7 unspecified atom stereocenters. The fourth-order valence-electron chi connectivity index (χ4n) is 10.4. The predicted octanol–water partition coefficient (Wildman–Crippen LogP) is 16.7. The zero-order valence-electron chi connectivity index (χ0n) is 48.6. The van der Waals surface area contributed by atoms with E-state index in [0.717, 1.165) is 44.9 Å². The summed E-state index contributed by atoms with van der Waals surface area (Å²) in [4.78, 5) is 13.0. The molecule has 0 aromatic carbocycles. The maximum absolute atomic E-state index is 13.0. The van der Waals surface area contributed by atoms with E-state index in [1.165, 1.54) is 250 Å². The van der Waals surface area contributed by atoms with Crippen molar-refractivity contribution >= 4 is 5.91 Å². The van der Waals surface area contributed by atoms with E-state index in [2.05, 4.69) is 43.5 Å². The fraction of sp³-hybridized carbons (Fsp3) is 0.892. The van der Waals surface area contributed by atoms with Crippen molar-refractivity contribution in [2.75, 3.05) is 13.2 Å². The van der Waals surface area contributed by atoms with E-state index >= 15 is 0 Å². The molecule has 9 heteroatoms. The highest BCUT2D eigenvalue weighted by Crippen LogP contribution is 2.23. The van der Waals surface area contributed by atoms with E-state index in [4.69, 9.17) is 9.47 Å². The number of hydrogen-bond donors (Lipinski definition) is 6. The maximum atomic E-state index is 13.0. The molecule has 6 N–H and O–H groups in total. The van der Waals surface area contributed by atoms with Gasteiger partial charge in [-0.05, 0) is 51.4 Å². The van der Waals surface area contributed by atoms with Crippen LogP contribution in [0.3, 0.4) is 0 Å². The number of carbonyl (C=O) groups excluding carboxylic acids is 1. The van der Waals surface area contributed by atoms with Crippen LogP contribution in [0.1, 0.15) is 316 Å². The minimum Gasteiger partial charge on any atom is -0.394 e. The van der Waals surface area contributed by atoms with Gasteiger partial charge in [0.1, 0.15) is 24.4 Å². The predicted molar refractivity (Wildman–Crippen MR) is 313 cm³/mol. The van der Waals surface area contributed by atoms with Gasteiger partial charge in [-0.1, -0.05) is 294 Å². The monoisotopic (exact) mass is 1050 g/mol. The number of amides is 1. The van der Waals surface area contributed by atoms with Crippen LogP contribution < -0.4 is 5.32 Å². The molecule has 1 saturated heterocycles. The van der Waals surface area contributed by atoms with Crippen molar-refractivity contribution in [3.05, 3.63) is 36.5 Å². The van der Waals surface area contributed by atoms with Crippen LogP contribution in [0.15, 0.2) is 36.5 Å². The van der Waals surface area contributed by atoms with Crippen LogP contribution in [-0.4, -0.2) is 87.5 Å². The Hall–Kier alpha value is -1.59. The minimum atomic E-state index is -1.57. The zero-order valence-corrected chi connectivity index (χ0v) is 48.6. The number of aliphatic hydroxyl groups is 5. The summed E-state index contributed by atoms with van der Waals surface area (Å²) >= 11 is 0. The van der Waals surface area contributed by atoms with Gasteiger partial charge < -0.3 is 40.3 Å². The standard InChI is InChI=1S/C65H123NO8/c1-3-5-7-9-11-13-15-17-18-19-20-21-22-23-24-25-26-27-28-29-30-31-32-33-34-35-36-37-38-39-40-41-42-43-45-47-49-51-53-55-61(69)66-58(57-73-65-64(72)63(71)62(70)60(56-67)74-65)59(68)54-52-50-48-46-44-16-14-12-10-8-6-4-2/h26-27,29-30,52,54,58-60,62-65,67-68,70-72H,3-25,28,31-51,53,55-57H2,1-2H3,(H,66,69)/b27-26-,30-29-,54-52+. The average molecular weight is 1050 g/mol. The van der Waals surface area contributed by atoms with E-state index in [1.54, 1.807) is 6.08 Å². The van der Waals surface area contributed by atoms with Gasteiger partial charge in [0.2, 0.25) is 5.91 Å². The molecule has 1 aliphatic heterocycles. The van der Waals surface area contributed by atoms with Crippen LogP contribution in [0.2, 0.25) is 0 Å². The van der Waals surface area contributed by atoms with Crippen LogP contribution >= 0.6 is 0 Å². The summed E-state index contributed by atoms with van der Waals surface area (Å²) in [6.07, 6.45) is 65.5. The summed E-state index contributed by atoms with van der Waals surface area (Å²) in [5.74, 6) is -0.174. The summed E-state index contributed by atoms with van der Waals surface area (Å²) in [5.41, 5.74) is 0. The first-order valence-corrected chi connectivity index (χ1v) is 32.2. The molecule has 9 nitrogen and oxygen atoms in total. The topological polar surface area (TPSA) is 149 Å². The second kappa shape index (κ2) is 54.8. The number of rotatable bonds is 56. The Bertz CT molecular complexity index is 1260. The van der Waals surface area contributed by atoms with Crippen molar-refractivity contribution in [2.45, 2.75) is 358 Å². The molecule has 0 spiro atoms. The van der Waals surface area contributed by atoms with Gasteiger partial charge >= 0.3 is 0 Å². The average Bonchev–Trinajstić information content (AvgIpc) is 3.40. The highest BCUT2D eigenvalue weighted by atomic mass is 16.7. The number of unbranched alkanes of at least 4 members (excludes halogenated alkanes) is 42. The van der Waals surface area contributed by atoms with E-state index in [0.29, 0.717) is 6.42 Å². The lowest BCUT2D eigenvalue weighted by Gasteiger charge is -2.40. The summed E-state index contributed by atoms with van der Waals surface area (Å²) in [5, 5.41) is 54.4. The van der Waals surface area contributed by atoms with E-state index < -0.39 is 49.5 Å². The first kappa shape index (κ1) is 70.4. The molecule has 436 valence electrons. The van der Waals surface area contributed by atoms with Gasteiger partial charge in [-0.2, -0.15) is 0 Å². The third-order valence-electron chi connectivity index (χ3n) is 15.5. The Balaban J connectivity index is 2.03. The molecule has 0 aromatic rings. The summed E-state index contributed by atoms with van der Waals surface area (Å²) in [7, 11) is 0. The SMILES string of the molecule is CCCCCCCCCCCC/C=C/C(O)C(COC1OC(CO)C(O)C(O)C1O)NC(=O)CCCCCCCCCCCCCCCCCCC/C=C\C/C=C\CCCCCCCCCCCCCCCCC. The quantitative estimate of drug-likeness (QED) is 0.0261. The molecule has 1 rings (SSSR count). The van der Waals surface area contributed by atoms with Crippen molar-refractivity contribution in [2.24, 2.45) is 0 Å². The minimum absolute atomic E-state index is 0.174. The molecule has 0 radical (unpaired) electrons. The summed E-state index contributed by atoms with van der Waals surface area (Å²) in [6.45, 7) is 3.79. The highest BCUT2D eigenvalue weighted by Gasteiger charge is 2.44. The number of nitrogens with one attached hydrogen (secondary N) is 1. The molecule has 1 heterocycles. The molecule has 0 bridgehead atoms. The third-order valence-corrected chi connectivity index (χ3v) is 15.5. The molecule has 7 atom stereocenters. The summed E-state index contributed by atoms with van der Waals surface area (Å²) in [6, 6.07) is -0.803. The molecule has 0 saturated carbocycles. The maximum Gasteiger partial charge on any atom is 0.220 e. The molecular weight excluding hydrogens is 923 g/mol. The summed E-state index contributed by atoms with van der Waals surface area (Å²) < 4.78 is 11.3. The Morgan fingerprint density at radius 3 is 1.16 bits per heavy atom. The second-order valence-electron chi connectivity index (χ2n) is 22.6. The Morgan fingerprint density at radius 1 is 0.459 bits per heavy atom. The molecule has 1 amide bonds. The lowest BCUT2D eigenvalue weighted by Crippen LogP contribution is -2.60. The van der Waals surface area contributed by atoms with Crippen molar-refractivity contribution in [1.29, 1.82) is 0 Å². The highest BCUT2D eigenvalue weighted by molar-refractivity contribution is 5.76. The van der Waals surface area contributed by atoms with Gasteiger partial charge in [0.25, 0.3) is 0 Å². The molecule has 0 aromatic heterocycles. The van der Waals surface area contributed by atoms with Crippen molar-refractivity contribution in [3.8, 4) is 0 Å². The van der Waals surface area contributed by atoms with E-state index in [1.807, 2.05) is 6.08 Å². The lowest BCUT2D eigenvalue weighted by atomic mass is 9.99. The zero-order chi connectivity index (χ0) is 53.6. The third kappa shape index (κ3) is 43.4. The van der Waals surface area contributed by atoms with Crippen LogP contribution in [0.4, 0.5) is 0 Å². The van der Waals surface area contributed by atoms with Gasteiger partial charge in [0.15, 0.2) is 6.29 Å². The first-order chi connectivity index (χ1) is 36.3. The first-order valence-electron chi connectivity index (χ1n) is 32.2. The molecule has 1 fully saturated rings. The van der Waals surface area contributed by atoms with Gasteiger partial charge in [-0.15, -0.1) is 0 Å². The van der Waals surface area contributed by atoms with Crippen molar-refractivity contribution in [3.63, 3.8) is 0 Å². The molecule has 1 aliphatic rings. The molecule has 74 heavy (non-hydrogen) atoms. The number of ether oxygens (including phenoxy) is 2. The van der Waals surface area contributed by atoms with E-state index in [-0.39, 0.29) is 12.5 Å². The Morgan fingerprint density at radius 2 is 0.797 bits per heavy atom. The van der Waals surface area contributed by atoms with E-state index in [9.17, 15) is 30.3 Å². The van der Waals surface area contributed by atoms with Crippen LogP contribution in [0, 0.1) is 0 Å². The smallest absolute Gasteiger partial charge is 0.220 e. The van der Waals surface area contributed by atoms with Gasteiger partial charge in [-0.3, -0.25) is 4.79 Å². The Labute approximate surface area is 457 Å². The molecule has 0 aliphatic carbocycles. The van der Waals surface area contributed by atoms with Crippen molar-refractivity contribution in [1.82, 2.24) is 5.32 Å². The number of hydrogen-bond acceptors (Lipinski definition) is 8. The van der Waals surface area contributed by atoms with Crippen LogP contribution in [-0.2, 0) is 14.3 Å². The van der Waals surface area contributed by atoms with Gasteiger partial charge in [0.05, 0.1) is 25.4 Å².